The first-order valence-electron chi connectivity index (χ1n) is 8.92. The number of alkyl halides is 3. The normalized spacial score (nSPS) is 16.6. The number of sulfone groups is 1. The fourth-order valence-electron chi connectivity index (χ4n) is 3.24. The largest absolute Gasteiger partial charge is 0.573 e. The Balaban J connectivity index is 1.77. The number of piperidine rings is 1. The first-order valence-corrected chi connectivity index (χ1v) is 10.4. The lowest BCUT2D eigenvalue weighted by Crippen LogP contribution is -2.56. The van der Waals surface area contributed by atoms with Crippen LogP contribution < -0.4 is 20.5 Å². The van der Waals surface area contributed by atoms with E-state index in [2.05, 4.69) is 10.1 Å². The van der Waals surface area contributed by atoms with Gasteiger partial charge in [-0.15, -0.1) is 13.2 Å². The summed E-state index contributed by atoms with van der Waals surface area (Å²) >= 11 is 0. The summed E-state index contributed by atoms with van der Waals surface area (Å²) in [6.45, 7) is 0.717. The van der Waals surface area contributed by atoms with Gasteiger partial charge in [-0.05, 0) is 74.5 Å². The van der Waals surface area contributed by atoms with Gasteiger partial charge in [0.1, 0.15) is 17.2 Å². The zero-order valence-corrected chi connectivity index (χ0v) is 16.4. The third kappa shape index (κ3) is 4.51. The summed E-state index contributed by atoms with van der Waals surface area (Å²) in [6.07, 6.45) is -4.63. The summed E-state index contributed by atoms with van der Waals surface area (Å²) in [4.78, 5) is 12.0. The Morgan fingerprint density at radius 2 is 1.40 bits per heavy atom. The quantitative estimate of drug-likeness (QED) is 0.710. The highest BCUT2D eigenvalue weighted by molar-refractivity contribution is 7.93. The van der Waals surface area contributed by atoms with Crippen LogP contribution in [0.25, 0.3) is 0 Å². The van der Waals surface area contributed by atoms with Gasteiger partial charge >= 0.3 is 6.36 Å². The highest BCUT2D eigenvalue weighted by atomic mass is 32.2. The zero-order valence-electron chi connectivity index (χ0n) is 15.6. The molecule has 1 saturated heterocycles. The fraction of sp³-hybridized carbons (Fsp3) is 0.316. The second-order valence-electron chi connectivity index (χ2n) is 6.70. The van der Waals surface area contributed by atoms with E-state index in [-0.39, 0.29) is 29.2 Å². The van der Waals surface area contributed by atoms with Gasteiger partial charge in [-0.2, -0.15) is 0 Å². The molecule has 0 saturated carbocycles. The summed E-state index contributed by atoms with van der Waals surface area (Å²) < 4.78 is 70.4. The van der Waals surface area contributed by atoms with E-state index in [4.69, 9.17) is 10.5 Å². The number of nitrogens with two attached hydrogens (primary N) is 1. The van der Waals surface area contributed by atoms with Crippen LogP contribution >= 0.6 is 0 Å². The molecule has 0 radical (unpaired) electrons. The second-order valence-corrected chi connectivity index (χ2v) is 8.96. The maximum absolute atomic E-state index is 13.1. The maximum atomic E-state index is 13.1. The Labute approximate surface area is 170 Å². The number of amides is 1. The minimum Gasteiger partial charge on any atom is -0.457 e. The van der Waals surface area contributed by atoms with E-state index in [0.717, 1.165) is 12.1 Å². The zero-order chi connectivity index (χ0) is 22.0. The van der Waals surface area contributed by atoms with Crippen LogP contribution in [0.1, 0.15) is 12.8 Å². The van der Waals surface area contributed by atoms with Gasteiger partial charge in [-0.1, -0.05) is 0 Å². The Kier molecular flexibility index (Phi) is 5.95. The fourth-order valence-corrected chi connectivity index (χ4v) is 5.19. The molecule has 0 atom stereocenters. The highest BCUT2D eigenvalue weighted by Crippen LogP contribution is 2.35. The number of ether oxygens (including phenoxy) is 2. The molecule has 3 N–H and O–H groups in total. The van der Waals surface area contributed by atoms with E-state index < -0.39 is 32.6 Å². The second kappa shape index (κ2) is 8.15. The predicted molar refractivity (Wildman–Crippen MR) is 101 cm³/mol. The Bertz CT molecular complexity index is 1000. The molecule has 162 valence electrons. The minimum atomic E-state index is -4.79. The van der Waals surface area contributed by atoms with E-state index in [1.807, 2.05) is 0 Å². The Hall–Kier alpha value is -2.79. The van der Waals surface area contributed by atoms with Crippen molar-refractivity contribution in [3.05, 3.63) is 48.5 Å². The molecule has 1 fully saturated rings. The van der Waals surface area contributed by atoms with Crippen molar-refractivity contribution in [2.24, 2.45) is 5.73 Å². The van der Waals surface area contributed by atoms with E-state index in [1.54, 1.807) is 0 Å². The Morgan fingerprint density at radius 1 is 0.933 bits per heavy atom. The van der Waals surface area contributed by atoms with E-state index in [9.17, 15) is 26.4 Å². The number of benzene rings is 2. The first-order chi connectivity index (χ1) is 14.0. The third-order valence-electron chi connectivity index (χ3n) is 4.80. The first kappa shape index (κ1) is 21.9. The van der Waals surface area contributed by atoms with Crippen molar-refractivity contribution in [2.75, 3.05) is 13.1 Å². The van der Waals surface area contributed by atoms with Gasteiger partial charge < -0.3 is 20.5 Å². The molecule has 2 aromatic rings. The van der Waals surface area contributed by atoms with Crippen molar-refractivity contribution in [1.29, 1.82) is 0 Å². The summed E-state index contributed by atoms with van der Waals surface area (Å²) in [5.74, 6) is -0.788. The summed E-state index contributed by atoms with van der Waals surface area (Å²) in [5.41, 5.74) is 5.46. The van der Waals surface area contributed by atoms with Gasteiger partial charge in [0, 0.05) is 0 Å². The number of hydrogen-bond acceptors (Lipinski definition) is 6. The molecule has 1 heterocycles. The molecule has 0 aromatic heterocycles. The molecule has 1 aliphatic heterocycles. The van der Waals surface area contributed by atoms with Crippen LogP contribution in [0.5, 0.6) is 17.2 Å². The molecule has 7 nitrogen and oxygen atoms in total. The van der Waals surface area contributed by atoms with Crippen LogP contribution in [-0.4, -0.2) is 38.5 Å². The molecule has 1 amide bonds. The third-order valence-corrected chi connectivity index (χ3v) is 7.33. The molecule has 30 heavy (non-hydrogen) atoms. The van der Waals surface area contributed by atoms with Crippen LogP contribution in [0.2, 0.25) is 0 Å². The number of carbonyl (C=O) groups is 1. The molecule has 0 unspecified atom stereocenters. The monoisotopic (exact) mass is 444 g/mol. The van der Waals surface area contributed by atoms with Crippen LogP contribution in [0.15, 0.2) is 53.4 Å². The predicted octanol–water partition coefficient (Wildman–Crippen LogP) is 2.76. The van der Waals surface area contributed by atoms with Crippen molar-refractivity contribution >= 4 is 15.7 Å². The number of nitrogens with one attached hydrogen (secondary N) is 1. The van der Waals surface area contributed by atoms with Crippen LogP contribution in [0, 0.1) is 0 Å². The molecule has 2 aromatic carbocycles. The van der Waals surface area contributed by atoms with Crippen molar-refractivity contribution < 1.29 is 35.9 Å². The van der Waals surface area contributed by atoms with Crippen molar-refractivity contribution in [2.45, 2.75) is 28.8 Å². The molecule has 3 rings (SSSR count). The molecular formula is C19H19F3N2O5S. The maximum Gasteiger partial charge on any atom is 0.573 e. The Morgan fingerprint density at radius 3 is 1.87 bits per heavy atom. The standard InChI is InChI=1S/C19H19F3N2O5S/c20-19(21,22)29-15-3-1-13(2-4-15)28-14-5-7-16(8-6-14)30(26,27)18(17(23)25)9-11-24-12-10-18/h1-8,24H,9-12H2,(H2,23,25). The molecule has 0 bridgehead atoms. The van der Waals surface area contributed by atoms with Crippen LogP contribution in [-0.2, 0) is 14.6 Å². The average Bonchev–Trinajstić information content (AvgIpc) is 2.69. The summed E-state index contributed by atoms with van der Waals surface area (Å²) in [5, 5.41) is 3.01. The lowest BCUT2D eigenvalue weighted by Gasteiger charge is -2.34. The van der Waals surface area contributed by atoms with Crippen LogP contribution in [0.4, 0.5) is 13.2 Å². The van der Waals surface area contributed by atoms with Gasteiger partial charge in [0.25, 0.3) is 0 Å². The lowest BCUT2D eigenvalue weighted by molar-refractivity contribution is -0.274. The van der Waals surface area contributed by atoms with Gasteiger partial charge in [0.15, 0.2) is 14.6 Å². The lowest BCUT2D eigenvalue weighted by atomic mass is 9.96. The molecule has 11 heteroatoms. The number of carbonyl (C=O) groups excluding carboxylic acids is 1. The summed E-state index contributed by atoms with van der Waals surface area (Å²) in [7, 11) is -4.03. The molecule has 1 aliphatic rings. The van der Waals surface area contributed by atoms with Gasteiger partial charge in [-0.3, -0.25) is 4.79 Å². The molecular weight excluding hydrogens is 425 g/mol. The average molecular weight is 444 g/mol. The van der Waals surface area contributed by atoms with Gasteiger partial charge in [0.2, 0.25) is 5.91 Å². The van der Waals surface area contributed by atoms with Crippen molar-refractivity contribution in [3.63, 3.8) is 0 Å². The number of hydrogen-bond donors (Lipinski definition) is 2. The van der Waals surface area contributed by atoms with Gasteiger partial charge in [0.05, 0.1) is 4.90 Å². The number of rotatable bonds is 6. The smallest absolute Gasteiger partial charge is 0.457 e. The van der Waals surface area contributed by atoms with Crippen LogP contribution in [0.3, 0.4) is 0 Å². The number of primary amides is 1. The molecule has 0 aliphatic carbocycles. The van der Waals surface area contributed by atoms with Gasteiger partial charge in [-0.25, -0.2) is 8.42 Å². The minimum absolute atomic E-state index is 0.0653. The van der Waals surface area contributed by atoms with E-state index in [0.29, 0.717) is 13.1 Å². The number of halogens is 3. The topological polar surface area (TPSA) is 108 Å². The van der Waals surface area contributed by atoms with E-state index >= 15 is 0 Å². The molecule has 0 spiro atoms. The van der Waals surface area contributed by atoms with E-state index in [1.165, 1.54) is 36.4 Å². The SMILES string of the molecule is NC(=O)C1(S(=O)(=O)c2ccc(Oc3ccc(OC(F)(F)F)cc3)cc2)CCNCC1. The summed E-state index contributed by atoms with van der Waals surface area (Å²) in [6, 6.07) is 10.1. The highest BCUT2D eigenvalue weighted by Gasteiger charge is 2.50. The van der Waals surface area contributed by atoms with Crippen molar-refractivity contribution in [3.8, 4) is 17.2 Å². The van der Waals surface area contributed by atoms with Crippen molar-refractivity contribution in [1.82, 2.24) is 5.32 Å².